The Hall–Kier alpha value is -3.06. The van der Waals surface area contributed by atoms with Crippen LogP contribution in [0.2, 0.25) is 0 Å². The second-order valence-electron chi connectivity index (χ2n) is 7.22. The van der Waals surface area contributed by atoms with Gasteiger partial charge in [0.25, 0.3) is 0 Å². The fraction of sp³-hybridized carbons (Fsp3) is 0.227. The van der Waals surface area contributed by atoms with E-state index in [0.717, 1.165) is 28.7 Å². The number of thioether (sulfide) groups is 1. The average molecular weight is 405 g/mol. The van der Waals surface area contributed by atoms with Crippen molar-refractivity contribution in [1.29, 1.82) is 0 Å². The Bertz CT molecular complexity index is 1100. The molecule has 6 nitrogen and oxygen atoms in total. The molecule has 5 rings (SSSR count). The second-order valence-corrected chi connectivity index (χ2v) is 8.63. The minimum absolute atomic E-state index is 0.0613. The van der Waals surface area contributed by atoms with Gasteiger partial charge in [0.15, 0.2) is 5.17 Å². The Morgan fingerprint density at radius 2 is 2.10 bits per heavy atom. The van der Waals surface area contributed by atoms with Crippen LogP contribution in [0.25, 0.3) is 11.3 Å². The van der Waals surface area contributed by atoms with Gasteiger partial charge >= 0.3 is 5.97 Å². The van der Waals surface area contributed by atoms with Gasteiger partial charge in [0.2, 0.25) is 0 Å². The van der Waals surface area contributed by atoms with E-state index in [2.05, 4.69) is 16.8 Å². The number of carboxylic acids is 1. The third kappa shape index (κ3) is 3.21. The zero-order valence-electron chi connectivity index (χ0n) is 15.7. The minimum atomic E-state index is -0.953. The van der Waals surface area contributed by atoms with Gasteiger partial charge in [-0.3, -0.25) is 4.98 Å². The summed E-state index contributed by atoms with van der Waals surface area (Å²) in [6.45, 7) is 3.10. The lowest BCUT2D eigenvalue weighted by atomic mass is 10.0. The number of furan rings is 1. The van der Waals surface area contributed by atoms with E-state index in [0.29, 0.717) is 11.0 Å². The molecule has 146 valence electrons. The van der Waals surface area contributed by atoms with E-state index in [1.807, 2.05) is 36.4 Å². The highest BCUT2D eigenvalue weighted by Crippen LogP contribution is 2.48. The lowest BCUT2D eigenvalue weighted by Gasteiger charge is -2.25. The number of fused-ring (bicyclic) bond motifs is 1. The van der Waals surface area contributed by atoms with E-state index in [1.165, 1.54) is 0 Å². The number of rotatable bonds is 4. The van der Waals surface area contributed by atoms with Gasteiger partial charge in [-0.1, -0.05) is 36.9 Å². The molecule has 1 fully saturated rings. The first-order valence-electron chi connectivity index (χ1n) is 9.45. The molecule has 1 N–H and O–H groups in total. The van der Waals surface area contributed by atoms with Crippen molar-refractivity contribution >= 4 is 22.9 Å². The number of hydrogen-bond donors (Lipinski definition) is 1. The quantitative estimate of drug-likeness (QED) is 0.682. The van der Waals surface area contributed by atoms with Crippen molar-refractivity contribution in [3.8, 4) is 11.3 Å². The predicted octanol–water partition coefficient (Wildman–Crippen LogP) is 4.63. The molecular weight excluding hydrogens is 386 g/mol. The summed E-state index contributed by atoms with van der Waals surface area (Å²) in [6, 6.07) is 16.3. The monoisotopic (exact) mass is 405 g/mol. The fourth-order valence-corrected chi connectivity index (χ4v) is 4.99. The number of amidine groups is 1. The Kier molecular flexibility index (Phi) is 4.39. The lowest BCUT2D eigenvalue weighted by Crippen LogP contribution is -2.28. The van der Waals surface area contributed by atoms with Gasteiger partial charge in [0, 0.05) is 23.6 Å². The number of aliphatic imine (C=N–C) groups is 1. The van der Waals surface area contributed by atoms with E-state index in [1.54, 1.807) is 36.2 Å². The number of aromatic nitrogens is 1. The zero-order valence-corrected chi connectivity index (χ0v) is 16.5. The molecule has 0 aliphatic carbocycles. The maximum absolute atomic E-state index is 11.3. The standard InChI is InChI=1S/C22H19N3O3S/c1-13-12-25-20(19(24-22(25)29-13)16-7-2-3-10-23-16)18-9-8-17(28-18)14-5-4-6-15(11-14)21(26)27/h2-11,13,19-20H,12H2,1H3,(H,26,27)/t13-,19+,20-/m0/s1. The highest BCUT2D eigenvalue weighted by molar-refractivity contribution is 8.14. The number of carboxylic acid groups (broad SMARTS) is 1. The van der Waals surface area contributed by atoms with Crippen molar-refractivity contribution in [2.45, 2.75) is 24.3 Å². The van der Waals surface area contributed by atoms with E-state index >= 15 is 0 Å². The van der Waals surface area contributed by atoms with Crippen LogP contribution in [0.1, 0.15) is 40.8 Å². The zero-order chi connectivity index (χ0) is 20.0. The minimum Gasteiger partial charge on any atom is -0.478 e. The maximum atomic E-state index is 11.3. The molecule has 0 amide bonds. The lowest BCUT2D eigenvalue weighted by molar-refractivity contribution is 0.0697. The smallest absolute Gasteiger partial charge is 0.335 e. The molecule has 0 spiro atoms. The summed E-state index contributed by atoms with van der Waals surface area (Å²) < 4.78 is 6.24. The molecule has 1 saturated heterocycles. The first kappa shape index (κ1) is 18.0. The number of aromatic carboxylic acids is 1. The molecule has 0 bridgehead atoms. The second kappa shape index (κ2) is 7.08. The Labute approximate surface area is 172 Å². The van der Waals surface area contributed by atoms with Crippen molar-refractivity contribution in [3.63, 3.8) is 0 Å². The van der Waals surface area contributed by atoms with Crippen molar-refractivity contribution in [2.24, 2.45) is 4.99 Å². The van der Waals surface area contributed by atoms with E-state index < -0.39 is 5.97 Å². The molecule has 4 heterocycles. The molecule has 29 heavy (non-hydrogen) atoms. The highest BCUT2D eigenvalue weighted by Gasteiger charge is 2.45. The largest absolute Gasteiger partial charge is 0.478 e. The number of carbonyl (C=O) groups is 1. The predicted molar refractivity (Wildman–Crippen MR) is 112 cm³/mol. The molecular formula is C22H19N3O3S. The third-order valence-corrected chi connectivity index (χ3v) is 6.30. The van der Waals surface area contributed by atoms with Gasteiger partial charge in [-0.05, 0) is 36.4 Å². The topological polar surface area (TPSA) is 78.9 Å². The summed E-state index contributed by atoms with van der Waals surface area (Å²) in [7, 11) is 0. The molecule has 0 radical (unpaired) electrons. The van der Waals surface area contributed by atoms with Gasteiger partial charge in [0.1, 0.15) is 23.6 Å². The van der Waals surface area contributed by atoms with Crippen LogP contribution in [0.15, 0.2) is 70.2 Å². The molecule has 3 aromatic rings. The summed E-state index contributed by atoms with van der Waals surface area (Å²) in [6.07, 6.45) is 1.79. The molecule has 0 unspecified atom stereocenters. The Balaban J connectivity index is 1.52. The summed E-state index contributed by atoms with van der Waals surface area (Å²) in [5.74, 6) is 0.506. The molecule has 7 heteroatoms. The SMILES string of the molecule is C[C@H]1CN2C(=N[C@H](c3ccccn3)[C@@H]2c2ccc(-c3cccc(C(=O)O)c3)o2)S1. The van der Waals surface area contributed by atoms with Crippen LogP contribution in [0.4, 0.5) is 0 Å². The van der Waals surface area contributed by atoms with E-state index in [-0.39, 0.29) is 17.6 Å². The van der Waals surface area contributed by atoms with Gasteiger partial charge in [0.05, 0.1) is 11.3 Å². The molecule has 2 aliphatic heterocycles. The van der Waals surface area contributed by atoms with Crippen LogP contribution in [-0.4, -0.2) is 37.9 Å². The molecule has 2 aromatic heterocycles. The number of nitrogens with zero attached hydrogens (tertiary/aromatic N) is 3. The molecule has 2 aliphatic rings. The summed E-state index contributed by atoms with van der Waals surface area (Å²) in [4.78, 5) is 23.1. The summed E-state index contributed by atoms with van der Waals surface area (Å²) >= 11 is 1.78. The number of benzene rings is 1. The number of pyridine rings is 1. The van der Waals surface area contributed by atoms with E-state index in [4.69, 9.17) is 9.41 Å². The molecule has 1 aromatic carbocycles. The molecule has 0 saturated carbocycles. The van der Waals surface area contributed by atoms with Crippen LogP contribution >= 0.6 is 11.8 Å². The maximum Gasteiger partial charge on any atom is 0.335 e. The Morgan fingerprint density at radius 1 is 1.21 bits per heavy atom. The van der Waals surface area contributed by atoms with Crippen molar-refractivity contribution in [3.05, 3.63) is 77.8 Å². The van der Waals surface area contributed by atoms with Crippen LogP contribution in [0, 0.1) is 0 Å². The fourth-order valence-electron chi connectivity index (χ4n) is 3.90. The van der Waals surface area contributed by atoms with Gasteiger partial charge in [-0.2, -0.15) is 0 Å². The van der Waals surface area contributed by atoms with Crippen LogP contribution < -0.4 is 0 Å². The van der Waals surface area contributed by atoms with Gasteiger partial charge in [-0.15, -0.1) is 0 Å². The molecule has 3 atom stereocenters. The Morgan fingerprint density at radius 3 is 2.90 bits per heavy atom. The summed E-state index contributed by atoms with van der Waals surface area (Å²) in [5, 5.41) is 10.8. The van der Waals surface area contributed by atoms with Gasteiger partial charge < -0.3 is 14.4 Å². The van der Waals surface area contributed by atoms with Gasteiger partial charge in [-0.25, -0.2) is 9.79 Å². The average Bonchev–Trinajstić information content (AvgIpc) is 3.42. The van der Waals surface area contributed by atoms with Crippen LogP contribution in [0.3, 0.4) is 0 Å². The van der Waals surface area contributed by atoms with Crippen molar-refractivity contribution in [2.75, 3.05) is 6.54 Å². The van der Waals surface area contributed by atoms with Crippen LogP contribution in [0.5, 0.6) is 0 Å². The first-order chi connectivity index (χ1) is 14.1. The summed E-state index contributed by atoms with van der Waals surface area (Å²) in [5.41, 5.74) is 1.90. The normalized spacial score (nSPS) is 23.1. The highest BCUT2D eigenvalue weighted by atomic mass is 32.2. The first-order valence-corrected chi connectivity index (χ1v) is 10.3. The number of hydrogen-bond acceptors (Lipinski definition) is 6. The van der Waals surface area contributed by atoms with Crippen molar-refractivity contribution in [1.82, 2.24) is 9.88 Å². The van der Waals surface area contributed by atoms with Crippen LogP contribution in [-0.2, 0) is 0 Å². The van der Waals surface area contributed by atoms with Crippen molar-refractivity contribution < 1.29 is 14.3 Å². The third-order valence-electron chi connectivity index (χ3n) is 5.19. The van der Waals surface area contributed by atoms with E-state index in [9.17, 15) is 9.90 Å².